The fraction of sp³-hybridized carbons (Fsp3) is 0.111. The van der Waals surface area contributed by atoms with Crippen LogP contribution in [-0.2, 0) is 9.59 Å². The molecule has 4 heteroatoms. The number of carbonyl (C=O) groups excluding carboxylic acids is 2. The number of allylic oxidation sites excluding steroid dienone is 1. The Morgan fingerprint density at radius 3 is 2.18 bits per heavy atom. The van der Waals surface area contributed by atoms with E-state index in [1.807, 2.05) is 54.6 Å². The maximum Gasteiger partial charge on any atom is 0.237 e. The third-order valence-corrected chi connectivity index (χ3v) is 3.53. The molecule has 0 saturated carbocycles. The van der Waals surface area contributed by atoms with Crippen molar-refractivity contribution < 1.29 is 9.59 Å². The Kier molecular flexibility index (Phi) is 3.74. The first-order valence-corrected chi connectivity index (χ1v) is 7.09. The number of carbonyl (C=O) groups is 2. The summed E-state index contributed by atoms with van der Waals surface area (Å²) in [5, 5.41) is 6.15. The van der Waals surface area contributed by atoms with Crippen molar-refractivity contribution in [2.75, 3.05) is 10.6 Å². The van der Waals surface area contributed by atoms with Crippen LogP contribution in [0.15, 0.2) is 66.4 Å². The molecule has 1 atom stereocenters. The lowest BCUT2D eigenvalue weighted by molar-refractivity contribution is -0.116. The van der Waals surface area contributed by atoms with Gasteiger partial charge in [0, 0.05) is 11.8 Å². The maximum atomic E-state index is 12.7. The molecule has 1 aliphatic heterocycles. The standard InChI is InChI=1S/C18H16N2O2/c1-12(21)11-16-17(13-7-3-2-4-8-13)18(22)20-15-10-6-5-9-14(15)19-16/h2-11,17,19H,1H3,(H,20,22)/t17-/m0/s1. The minimum absolute atomic E-state index is 0.101. The zero-order valence-corrected chi connectivity index (χ0v) is 12.2. The zero-order valence-electron chi connectivity index (χ0n) is 12.2. The van der Waals surface area contributed by atoms with Crippen LogP contribution in [0.1, 0.15) is 18.4 Å². The summed E-state index contributed by atoms with van der Waals surface area (Å²) in [6.07, 6.45) is 1.49. The molecule has 1 amide bonds. The summed E-state index contributed by atoms with van der Waals surface area (Å²) < 4.78 is 0. The molecule has 0 radical (unpaired) electrons. The SMILES string of the molecule is CC(=O)C=C1Nc2ccccc2NC(=O)[C@H]1c1ccccc1. The number of fused-ring (bicyclic) bond motifs is 1. The molecule has 1 aliphatic rings. The Morgan fingerprint density at radius 2 is 1.55 bits per heavy atom. The van der Waals surface area contributed by atoms with Crippen LogP contribution in [0, 0.1) is 0 Å². The molecule has 0 spiro atoms. The van der Waals surface area contributed by atoms with E-state index in [4.69, 9.17) is 0 Å². The van der Waals surface area contributed by atoms with E-state index in [0.717, 1.165) is 11.3 Å². The van der Waals surface area contributed by atoms with Crippen molar-refractivity contribution in [1.82, 2.24) is 0 Å². The Hall–Kier alpha value is -2.88. The number of hydrogen-bond donors (Lipinski definition) is 2. The lowest BCUT2D eigenvalue weighted by atomic mass is 9.94. The van der Waals surface area contributed by atoms with Crippen molar-refractivity contribution >= 4 is 23.1 Å². The van der Waals surface area contributed by atoms with E-state index >= 15 is 0 Å². The number of nitrogens with one attached hydrogen (secondary N) is 2. The van der Waals surface area contributed by atoms with E-state index in [1.54, 1.807) is 0 Å². The summed E-state index contributed by atoms with van der Waals surface area (Å²) in [5.74, 6) is -0.802. The summed E-state index contributed by atoms with van der Waals surface area (Å²) in [7, 11) is 0. The summed E-state index contributed by atoms with van der Waals surface area (Å²) in [6.45, 7) is 1.48. The van der Waals surface area contributed by atoms with Crippen LogP contribution in [-0.4, -0.2) is 11.7 Å². The average Bonchev–Trinajstić information content (AvgIpc) is 2.63. The minimum atomic E-state index is -0.544. The second-order valence-electron chi connectivity index (χ2n) is 5.21. The monoisotopic (exact) mass is 292 g/mol. The van der Waals surface area contributed by atoms with Crippen LogP contribution < -0.4 is 10.6 Å². The fourth-order valence-electron chi connectivity index (χ4n) is 2.59. The Morgan fingerprint density at radius 1 is 0.955 bits per heavy atom. The first kappa shape index (κ1) is 14.1. The number of amides is 1. The molecule has 4 nitrogen and oxygen atoms in total. The van der Waals surface area contributed by atoms with Crippen LogP contribution >= 0.6 is 0 Å². The van der Waals surface area contributed by atoms with Gasteiger partial charge in [0.2, 0.25) is 5.91 Å². The van der Waals surface area contributed by atoms with Gasteiger partial charge in [-0.25, -0.2) is 0 Å². The molecule has 0 fully saturated rings. The Balaban J connectivity index is 2.12. The van der Waals surface area contributed by atoms with Gasteiger partial charge in [0.05, 0.1) is 11.4 Å². The van der Waals surface area contributed by atoms with Gasteiger partial charge in [0.1, 0.15) is 5.92 Å². The van der Waals surface area contributed by atoms with E-state index in [0.29, 0.717) is 11.4 Å². The molecule has 0 aromatic heterocycles. The van der Waals surface area contributed by atoms with Crippen LogP contribution in [0.5, 0.6) is 0 Å². The minimum Gasteiger partial charge on any atom is -0.356 e. The molecular weight excluding hydrogens is 276 g/mol. The van der Waals surface area contributed by atoms with Gasteiger partial charge in [-0.1, -0.05) is 42.5 Å². The fourth-order valence-corrected chi connectivity index (χ4v) is 2.59. The molecular formula is C18H16N2O2. The number of hydrogen-bond acceptors (Lipinski definition) is 3. The van der Waals surface area contributed by atoms with Crippen molar-refractivity contribution in [2.24, 2.45) is 0 Å². The molecule has 0 bridgehead atoms. The van der Waals surface area contributed by atoms with Gasteiger partial charge < -0.3 is 10.6 Å². The van der Waals surface area contributed by atoms with Crippen LogP contribution in [0.25, 0.3) is 0 Å². The van der Waals surface area contributed by atoms with Crippen LogP contribution in [0.2, 0.25) is 0 Å². The lowest BCUT2D eigenvalue weighted by Crippen LogP contribution is -2.23. The molecule has 110 valence electrons. The molecule has 2 N–H and O–H groups in total. The van der Waals surface area contributed by atoms with Crippen molar-refractivity contribution in [2.45, 2.75) is 12.8 Å². The van der Waals surface area contributed by atoms with Crippen molar-refractivity contribution in [3.63, 3.8) is 0 Å². The Bertz CT molecular complexity index is 751. The van der Waals surface area contributed by atoms with E-state index in [9.17, 15) is 9.59 Å². The van der Waals surface area contributed by atoms with Gasteiger partial charge in [-0.15, -0.1) is 0 Å². The highest BCUT2D eigenvalue weighted by atomic mass is 16.2. The van der Waals surface area contributed by atoms with E-state index in [1.165, 1.54) is 13.0 Å². The number of rotatable bonds is 2. The second-order valence-corrected chi connectivity index (χ2v) is 5.21. The topological polar surface area (TPSA) is 58.2 Å². The zero-order chi connectivity index (χ0) is 15.5. The molecule has 2 aromatic carbocycles. The van der Waals surface area contributed by atoms with Gasteiger partial charge in [-0.3, -0.25) is 9.59 Å². The highest BCUT2D eigenvalue weighted by Crippen LogP contribution is 2.34. The van der Waals surface area contributed by atoms with E-state index in [2.05, 4.69) is 10.6 Å². The maximum absolute atomic E-state index is 12.7. The molecule has 0 saturated heterocycles. The Labute approximate surface area is 128 Å². The van der Waals surface area contributed by atoms with Crippen LogP contribution in [0.3, 0.4) is 0 Å². The van der Waals surface area contributed by atoms with Crippen molar-refractivity contribution in [3.05, 3.63) is 71.9 Å². The molecule has 3 rings (SSSR count). The number of benzene rings is 2. The van der Waals surface area contributed by atoms with E-state index < -0.39 is 5.92 Å². The predicted octanol–water partition coefficient (Wildman–Crippen LogP) is 3.31. The molecule has 1 heterocycles. The quantitative estimate of drug-likeness (QED) is 0.835. The first-order valence-electron chi connectivity index (χ1n) is 7.09. The number of ketones is 1. The lowest BCUT2D eigenvalue weighted by Gasteiger charge is -2.17. The highest BCUT2D eigenvalue weighted by molar-refractivity contribution is 6.04. The number of para-hydroxylation sites is 2. The highest BCUT2D eigenvalue weighted by Gasteiger charge is 2.29. The normalized spacial score (nSPS) is 18.9. The first-order chi connectivity index (χ1) is 10.6. The molecule has 0 unspecified atom stereocenters. The molecule has 0 aliphatic carbocycles. The third-order valence-electron chi connectivity index (χ3n) is 3.53. The third kappa shape index (κ3) is 2.76. The summed E-state index contributed by atoms with van der Waals surface area (Å²) in [4.78, 5) is 24.2. The summed E-state index contributed by atoms with van der Waals surface area (Å²) in [6, 6.07) is 16.9. The smallest absolute Gasteiger partial charge is 0.237 e. The van der Waals surface area contributed by atoms with Crippen LogP contribution in [0.4, 0.5) is 11.4 Å². The van der Waals surface area contributed by atoms with Gasteiger partial charge in [0.15, 0.2) is 5.78 Å². The predicted molar refractivity (Wildman–Crippen MR) is 86.6 cm³/mol. The molecule has 22 heavy (non-hydrogen) atoms. The van der Waals surface area contributed by atoms with Gasteiger partial charge >= 0.3 is 0 Å². The largest absolute Gasteiger partial charge is 0.356 e. The summed E-state index contributed by atoms with van der Waals surface area (Å²) in [5.41, 5.74) is 2.91. The summed E-state index contributed by atoms with van der Waals surface area (Å²) >= 11 is 0. The van der Waals surface area contributed by atoms with Crippen molar-refractivity contribution in [1.29, 1.82) is 0 Å². The number of anilines is 2. The van der Waals surface area contributed by atoms with Gasteiger partial charge in [-0.05, 0) is 24.6 Å². The van der Waals surface area contributed by atoms with E-state index in [-0.39, 0.29) is 11.7 Å². The van der Waals surface area contributed by atoms with Gasteiger partial charge in [0.25, 0.3) is 0 Å². The second kappa shape index (κ2) is 5.85. The van der Waals surface area contributed by atoms with Crippen molar-refractivity contribution in [3.8, 4) is 0 Å². The van der Waals surface area contributed by atoms with Gasteiger partial charge in [-0.2, -0.15) is 0 Å². The average molecular weight is 292 g/mol. The molecule has 2 aromatic rings.